The lowest BCUT2D eigenvalue weighted by Gasteiger charge is -2.24. The standard InChI is InChI=1S/C15H24N4OS/c1-3-16-14(18-9-13-17-8-12(2)21-13)19-6-4-15(10-19)5-7-20-11-15/h8H,3-7,9-11H2,1-2H3,(H,16,18). The van der Waals surface area contributed by atoms with Gasteiger partial charge in [0.15, 0.2) is 5.96 Å². The minimum atomic E-state index is 0.369. The summed E-state index contributed by atoms with van der Waals surface area (Å²) in [5, 5.41) is 4.50. The molecule has 1 atom stereocenters. The van der Waals surface area contributed by atoms with Gasteiger partial charge in [-0.1, -0.05) is 0 Å². The second kappa shape index (κ2) is 6.32. The lowest BCUT2D eigenvalue weighted by Crippen LogP contribution is -2.41. The normalized spacial score (nSPS) is 26.0. The van der Waals surface area contributed by atoms with E-state index in [1.165, 1.54) is 17.7 Å². The van der Waals surface area contributed by atoms with E-state index >= 15 is 0 Å². The van der Waals surface area contributed by atoms with Crippen molar-refractivity contribution in [2.45, 2.75) is 33.2 Å². The molecule has 0 saturated carbocycles. The van der Waals surface area contributed by atoms with Crippen LogP contribution in [0.15, 0.2) is 11.2 Å². The highest BCUT2D eigenvalue weighted by atomic mass is 32.1. The molecular weight excluding hydrogens is 284 g/mol. The molecule has 1 aromatic rings. The summed E-state index contributed by atoms with van der Waals surface area (Å²) in [6, 6.07) is 0. The Hall–Kier alpha value is -1.14. The number of nitrogens with zero attached hydrogens (tertiary/aromatic N) is 3. The highest BCUT2D eigenvalue weighted by Crippen LogP contribution is 2.38. The minimum absolute atomic E-state index is 0.369. The van der Waals surface area contributed by atoms with Crippen LogP contribution in [-0.2, 0) is 11.3 Å². The van der Waals surface area contributed by atoms with Crippen molar-refractivity contribution in [3.8, 4) is 0 Å². The molecule has 0 aliphatic carbocycles. The molecule has 5 nitrogen and oxygen atoms in total. The molecule has 6 heteroatoms. The molecule has 2 aliphatic heterocycles. The maximum absolute atomic E-state index is 5.61. The van der Waals surface area contributed by atoms with Crippen LogP contribution in [0.1, 0.15) is 29.7 Å². The predicted octanol–water partition coefficient (Wildman–Crippen LogP) is 2.03. The van der Waals surface area contributed by atoms with Crippen LogP contribution in [0.4, 0.5) is 0 Å². The first-order chi connectivity index (χ1) is 10.2. The van der Waals surface area contributed by atoms with Gasteiger partial charge in [-0.15, -0.1) is 11.3 Å². The number of aromatic nitrogens is 1. The highest BCUT2D eigenvalue weighted by molar-refractivity contribution is 7.11. The molecule has 1 N–H and O–H groups in total. The van der Waals surface area contributed by atoms with Crippen LogP contribution in [-0.4, -0.2) is 48.7 Å². The Labute approximate surface area is 130 Å². The fraction of sp³-hybridized carbons (Fsp3) is 0.733. The van der Waals surface area contributed by atoms with E-state index in [1.807, 2.05) is 6.20 Å². The number of likely N-dealkylation sites (tertiary alicyclic amines) is 1. The second-order valence-electron chi connectivity index (χ2n) is 6.01. The van der Waals surface area contributed by atoms with Crippen molar-refractivity contribution >= 4 is 17.3 Å². The number of ether oxygens (including phenoxy) is 1. The molecule has 2 fully saturated rings. The second-order valence-corrected chi connectivity index (χ2v) is 7.33. The molecule has 1 aromatic heterocycles. The Morgan fingerprint density at radius 1 is 1.57 bits per heavy atom. The highest BCUT2D eigenvalue weighted by Gasteiger charge is 2.42. The van der Waals surface area contributed by atoms with Gasteiger partial charge in [-0.2, -0.15) is 0 Å². The van der Waals surface area contributed by atoms with Gasteiger partial charge in [0.05, 0.1) is 13.2 Å². The third kappa shape index (κ3) is 3.37. The fourth-order valence-corrected chi connectivity index (χ4v) is 3.84. The van der Waals surface area contributed by atoms with Gasteiger partial charge in [0.25, 0.3) is 0 Å². The summed E-state index contributed by atoms with van der Waals surface area (Å²) in [6.07, 6.45) is 4.32. The summed E-state index contributed by atoms with van der Waals surface area (Å²) >= 11 is 1.72. The first kappa shape index (κ1) is 14.8. The Balaban J connectivity index is 1.66. The number of thiazole rings is 1. The van der Waals surface area contributed by atoms with E-state index in [9.17, 15) is 0 Å². The lowest BCUT2D eigenvalue weighted by atomic mass is 9.87. The molecule has 0 aromatic carbocycles. The van der Waals surface area contributed by atoms with Gasteiger partial charge in [-0.05, 0) is 26.7 Å². The van der Waals surface area contributed by atoms with E-state index in [0.717, 1.165) is 43.8 Å². The number of aryl methyl sites for hydroxylation is 1. The van der Waals surface area contributed by atoms with Crippen molar-refractivity contribution in [1.82, 2.24) is 15.2 Å². The van der Waals surface area contributed by atoms with Crippen LogP contribution in [0.2, 0.25) is 0 Å². The monoisotopic (exact) mass is 308 g/mol. The quantitative estimate of drug-likeness (QED) is 0.686. The van der Waals surface area contributed by atoms with E-state index in [1.54, 1.807) is 11.3 Å². The molecule has 116 valence electrons. The van der Waals surface area contributed by atoms with Crippen LogP contribution in [0.3, 0.4) is 0 Å². The van der Waals surface area contributed by atoms with Gasteiger partial charge in [-0.25, -0.2) is 9.98 Å². The number of nitrogens with one attached hydrogen (secondary N) is 1. The van der Waals surface area contributed by atoms with Gasteiger partial charge < -0.3 is 15.0 Å². The molecule has 2 saturated heterocycles. The molecule has 3 heterocycles. The SMILES string of the molecule is CCNC(=NCc1ncc(C)s1)N1CCC2(CCOC2)C1. The molecular formula is C15H24N4OS. The van der Waals surface area contributed by atoms with Gasteiger partial charge in [0.1, 0.15) is 5.01 Å². The van der Waals surface area contributed by atoms with Gasteiger partial charge in [0.2, 0.25) is 0 Å². The topological polar surface area (TPSA) is 49.8 Å². The third-order valence-corrected chi connectivity index (χ3v) is 5.19. The maximum Gasteiger partial charge on any atom is 0.194 e. The molecule has 1 unspecified atom stereocenters. The molecule has 1 spiro atoms. The van der Waals surface area contributed by atoms with Gasteiger partial charge in [-0.3, -0.25) is 0 Å². The van der Waals surface area contributed by atoms with Gasteiger partial charge in [0, 0.05) is 42.7 Å². The Bertz CT molecular complexity index is 508. The number of aliphatic imine (C=N–C) groups is 1. The maximum atomic E-state index is 5.61. The van der Waals surface area contributed by atoms with Gasteiger partial charge >= 0.3 is 0 Å². The number of hydrogen-bond donors (Lipinski definition) is 1. The van der Waals surface area contributed by atoms with Crippen molar-refractivity contribution in [1.29, 1.82) is 0 Å². The van der Waals surface area contributed by atoms with Crippen molar-refractivity contribution in [2.75, 3.05) is 32.8 Å². The molecule has 0 radical (unpaired) electrons. The van der Waals surface area contributed by atoms with E-state index in [0.29, 0.717) is 12.0 Å². The van der Waals surface area contributed by atoms with Crippen LogP contribution in [0.5, 0.6) is 0 Å². The van der Waals surface area contributed by atoms with Crippen molar-refractivity contribution in [2.24, 2.45) is 10.4 Å². The van der Waals surface area contributed by atoms with Crippen molar-refractivity contribution in [3.63, 3.8) is 0 Å². The fourth-order valence-electron chi connectivity index (χ4n) is 3.13. The van der Waals surface area contributed by atoms with E-state index in [4.69, 9.17) is 9.73 Å². The summed E-state index contributed by atoms with van der Waals surface area (Å²) in [5.74, 6) is 1.02. The van der Waals surface area contributed by atoms with Crippen LogP contribution < -0.4 is 5.32 Å². The number of guanidine groups is 1. The molecule has 3 rings (SSSR count). The Morgan fingerprint density at radius 2 is 2.48 bits per heavy atom. The average Bonchev–Trinajstić information content (AvgIpc) is 3.19. The lowest BCUT2D eigenvalue weighted by molar-refractivity contribution is 0.156. The minimum Gasteiger partial charge on any atom is -0.381 e. The molecule has 2 aliphatic rings. The summed E-state index contributed by atoms with van der Waals surface area (Å²) in [7, 11) is 0. The Morgan fingerprint density at radius 3 is 3.14 bits per heavy atom. The molecule has 21 heavy (non-hydrogen) atoms. The zero-order chi connectivity index (χ0) is 14.7. The molecule has 0 bridgehead atoms. The predicted molar refractivity (Wildman–Crippen MR) is 85.7 cm³/mol. The van der Waals surface area contributed by atoms with Crippen molar-refractivity contribution < 1.29 is 4.74 Å². The van der Waals surface area contributed by atoms with Crippen LogP contribution in [0, 0.1) is 12.3 Å². The number of rotatable bonds is 3. The molecule has 0 amide bonds. The zero-order valence-corrected chi connectivity index (χ0v) is 13.7. The average molecular weight is 308 g/mol. The largest absolute Gasteiger partial charge is 0.381 e. The van der Waals surface area contributed by atoms with E-state index < -0.39 is 0 Å². The van der Waals surface area contributed by atoms with Crippen molar-refractivity contribution in [3.05, 3.63) is 16.1 Å². The first-order valence-electron chi connectivity index (χ1n) is 7.73. The Kier molecular flexibility index (Phi) is 4.45. The van der Waals surface area contributed by atoms with E-state index in [2.05, 4.69) is 29.0 Å². The summed E-state index contributed by atoms with van der Waals surface area (Å²) in [4.78, 5) is 12.8. The summed E-state index contributed by atoms with van der Waals surface area (Å²) in [6.45, 7) is 9.74. The smallest absolute Gasteiger partial charge is 0.194 e. The summed E-state index contributed by atoms with van der Waals surface area (Å²) < 4.78 is 5.61. The van der Waals surface area contributed by atoms with E-state index in [-0.39, 0.29) is 0 Å². The third-order valence-electron chi connectivity index (χ3n) is 4.29. The zero-order valence-electron chi connectivity index (χ0n) is 12.9. The van der Waals surface area contributed by atoms with Crippen LogP contribution in [0.25, 0.3) is 0 Å². The first-order valence-corrected chi connectivity index (χ1v) is 8.55. The van der Waals surface area contributed by atoms with Crippen LogP contribution >= 0.6 is 11.3 Å². The summed E-state index contributed by atoms with van der Waals surface area (Å²) in [5.41, 5.74) is 0.369. The number of hydrogen-bond acceptors (Lipinski definition) is 4.